The van der Waals surface area contributed by atoms with Gasteiger partial charge in [0.05, 0.1) is 12.0 Å². The number of alkyl halides is 5. The van der Waals surface area contributed by atoms with Crippen molar-refractivity contribution in [3.63, 3.8) is 0 Å². The van der Waals surface area contributed by atoms with Gasteiger partial charge in [-0.3, -0.25) is 14.9 Å². The van der Waals surface area contributed by atoms with Crippen molar-refractivity contribution >= 4 is 28.4 Å². The zero-order valence-corrected chi connectivity index (χ0v) is 16.3. The molecule has 0 aliphatic heterocycles. The summed E-state index contributed by atoms with van der Waals surface area (Å²) in [5, 5.41) is 2.07. The van der Waals surface area contributed by atoms with Gasteiger partial charge in [0.15, 0.2) is 5.82 Å². The predicted octanol–water partition coefficient (Wildman–Crippen LogP) is 4.80. The molecule has 0 aliphatic carbocycles. The molecule has 0 atom stereocenters. The first kappa shape index (κ1) is 22.3. The number of ether oxygens (including phenoxy) is 1. The Kier molecular flexibility index (Phi) is 6.34. The molecular formula is C18H12F5N3O4S. The first-order valence-electron chi connectivity index (χ1n) is 8.42. The van der Waals surface area contributed by atoms with E-state index in [9.17, 15) is 31.5 Å². The number of furan rings is 1. The van der Waals surface area contributed by atoms with Crippen molar-refractivity contribution in [3.05, 3.63) is 47.5 Å². The summed E-state index contributed by atoms with van der Waals surface area (Å²) in [5.74, 6) is -3.54. The first-order valence-corrected chi connectivity index (χ1v) is 9.20. The Morgan fingerprint density at radius 1 is 1.26 bits per heavy atom. The monoisotopic (exact) mass is 461 g/mol. The van der Waals surface area contributed by atoms with E-state index in [-0.39, 0.29) is 40.2 Å². The van der Waals surface area contributed by atoms with Crippen molar-refractivity contribution < 1.29 is 40.7 Å². The fraction of sp³-hybridized carbons (Fsp3) is 0.222. The number of carbonyl (C=O) groups excluding carboxylic acids is 2. The Hall–Kier alpha value is -3.35. The Balaban J connectivity index is 1.91. The number of hydrogen-bond donors (Lipinski definition) is 1. The molecule has 1 amide bonds. The maximum atomic E-state index is 13.4. The molecule has 164 valence electrons. The normalized spacial score (nSPS) is 11.6. The van der Waals surface area contributed by atoms with E-state index in [0.717, 1.165) is 12.1 Å². The molecule has 7 nitrogen and oxygen atoms in total. The van der Waals surface area contributed by atoms with Crippen LogP contribution in [-0.4, -0.2) is 27.7 Å². The minimum atomic E-state index is -5.01. The molecule has 1 N–H and O–H groups in total. The highest BCUT2D eigenvalue weighted by atomic mass is 32.1. The van der Waals surface area contributed by atoms with Crippen molar-refractivity contribution in [1.82, 2.24) is 9.36 Å². The lowest BCUT2D eigenvalue weighted by Gasteiger charge is -2.06. The van der Waals surface area contributed by atoms with Crippen molar-refractivity contribution in [2.45, 2.75) is 26.1 Å². The highest BCUT2D eigenvalue weighted by Gasteiger charge is 2.40. The van der Waals surface area contributed by atoms with Crippen LogP contribution in [0.5, 0.6) is 5.75 Å². The highest BCUT2D eigenvalue weighted by Crippen LogP contribution is 2.38. The van der Waals surface area contributed by atoms with Crippen LogP contribution in [0, 0.1) is 0 Å². The fourth-order valence-electron chi connectivity index (χ4n) is 2.50. The molecule has 3 rings (SSSR count). The van der Waals surface area contributed by atoms with E-state index < -0.39 is 30.0 Å². The number of anilines is 1. The maximum Gasteiger partial charge on any atom is 0.450 e. The maximum absolute atomic E-state index is 13.4. The summed E-state index contributed by atoms with van der Waals surface area (Å²) in [6, 6.07) is 5.64. The third kappa shape index (κ3) is 5.63. The molecule has 1 aromatic carbocycles. The standard InChI is InChI=1S/C18H12F5N3O4S/c1-8(27)5-13-24-17(31-26-13)25-15(28)11-7-12(30-14(11)18(21,22)23)9-3-2-4-10(6-9)29-16(19)20/h2-4,6-7,16H,5H2,1H3,(H,24,25,26,28). The van der Waals surface area contributed by atoms with Gasteiger partial charge in [0.1, 0.15) is 17.3 Å². The van der Waals surface area contributed by atoms with Gasteiger partial charge in [-0.05, 0) is 25.1 Å². The van der Waals surface area contributed by atoms with Crippen molar-refractivity contribution in [2.75, 3.05) is 5.32 Å². The number of nitrogens with zero attached hydrogens (tertiary/aromatic N) is 2. The lowest BCUT2D eigenvalue weighted by molar-refractivity contribution is -0.153. The summed E-state index contributed by atoms with van der Waals surface area (Å²) in [7, 11) is 0. The Bertz CT molecular complexity index is 1110. The van der Waals surface area contributed by atoms with Gasteiger partial charge in [-0.15, -0.1) is 0 Å². The number of nitrogens with one attached hydrogen (secondary N) is 1. The van der Waals surface area contributed by atoms with E-state index in [1.54, 1.807) is 0 Å². The van der Waals surface area contributed by atoms with Crippen LogP contribution in [0.1, 0.15) is 28.9 Å². The Morgan fingerprint density at radius 3 is 2.65 bits per heavy atom. The predicted molar refractivity (Wildman–Crippen MR) is 98.0 cm³/mol. The third-order valence-corrected chi connectivity index (χ3v) is 4.34. The minimum Gasteiger partial charge on any atom is -0.451 e. The summed E-state index contributed by atoms with van der Waals surface area (Å²) in [6.07, 6.45) is -5.10. The third-order valence-electron chi connectivity index (χ3n) is 3.67. The number of halogens is 5. The van der Waals surface area contributed by atoms with Gasteiger partial charge >= 0.3 is 12.8 Å². The number of Topliss-reactive ketones (excluding diaryl/α,β-unsaturated/α-hetero) is 1. The van der Waals surface area contributed by atoms with Crippen LogP contribution in [0.15, 0.2) is 34.7 Å². The van der Waals surface area contributed by atoms with E-state index in [4.69, 9.17) is 4.42 Å². The van der Waals surface area contributed by atoms with Gasteiger partial charge in [-0.25, -0.2) is 4.98 Å². The molecule has 0 unspecified atom stereocenters. The van der Waals surface area contributed by atoms with Crippen molar-refractivity contribution in [1.29, 1.82) is 0 Å². The minimum absolute atomic E-state index is 0.0117. The Morgan fingerprint density at radius 2 is 2.00 bits per heavy atom. The van der Waals surface area contributed by atoms with E-state index in [1.807, 2.05) is 0 Å². The summed E-state index contributed by atoms with van der Waals surface area (Å²) in [5.41, 5.74) is -0.853. The molecule has 2 heterocycles. The molecule has 0 aliphatic rings. The summed E-state index contributed by atoms with van der Waals surface area (Å²) < 4.78 is 77.9. The number of amides is 1. The number of aromatic nitrogens is 2. The van der Waals surface area contributed by atoms with Crippen LogP contribution in [0.3, 0.4) is 0 Å². The molecular weight excluding hydrogens is 449 g/mol. The zero-order valence-electron chi connectivity index (χ0n) is 15.5. The number of carbonyl (C=O) groups is 2. The molecule has 0 bridgehead atoms. The number of benzene rings is 1. The summed E-state index contributed by atoms with van der Waals surface area (Å²) in [4.78, 5) is 27.4. The first-order chi connectivity index (χ1) is 14.5. The topological polar surface area (TPSA) is 94.3 Å². The smallest absolute Gasteiger partial charge is 0.450 e. The van der Waals surface area contributed by atoms with E-state index in [0.29, 0.717) is 11.5 Å². The quantitative estimate of drug-likeness (QED) is 0.508. The molecule has 31 heavy (non-hydrogen) atoms. The average molecular weight is 461 g/mol. The molecule has 13 heteroatoms. The van der Waals surface area contributed by atoms with Crippen molar-refractivity contribution in [3.8, 4) is 17.1 Å². The van der Waals surface area contributed by atoms with Crippen LogP contribution < -0.4 is 10.1 Å². The second-order valence-electron chi connectivity index (χ2n) is 6.11. The average Bonchev–Trinajstić information content (AvgIpc) is 3.28. The van der Waals surface area contributed by atoms with Gasteiger partial charge in [0.2, 0.25) is 10.9 Å². The molecule has 0 spiro atoms. The molecule has 2 aromatic heterocycles. The van der Waals surface area contributed by atoms with Crippen LogP contribution in [0.2, 0.25) is 0 Å². The van der Waals surface area contributed by atoms with Gasteiger partial charge in [-0.1, -0.05) is 12.1 Å². The lowest BCUT2D eigenvalue weighted by Crippen LogP contribution is -2.16. The van der Waals surface area contributed by atoms with Crippen LogP contribution in [0.4, 0.5) is 27.1 Å². The molecule has 0 saturated heterocycles. The van der Waals surface area contributed by atoms with Gasteiger partial charge in [-0.2, -0.15) is 26.3 Å². The van der Waals surface area contributed by atoms with Crippen molar-refractivity contribution in [2.24, 2.45) is 0 Å². The van der Waals surface area contributed by atoms with Crippen LogP contribution in [0.25, 0.3) is 11.3 Å². The molecule has 0 radical (unpaired) electrons. The number of ketones is 1. The Labute approximate surface area is 175 Å². The lowest BCUT2D eigenvalue weighted by atomic mass is 10.1. The van der Waals surface area contributed by atoms with E-state index in [2.05, 4.69) is 19.4 Å². The fourth-order valence-corrected chi connectivity index (χ4v) is 3.08. The van der Waals surface area contributed by atoms with Gasteiger partial charge in [0, 0.05) is 17.1 Å². The second kappa shape index (κ2) is 8.79. The highest BCUT2D eigenvalue weighted by molar-refractivity contribution is 7.09. The van der Waals surface area contributed by atoms with Gasteiger partial charge in [0.25, 0.3) is 5.91 Å². The number of hydrogen-bond acceptors (Lipinski definition) is 7. The largest absolute Gasteiger partial charge is 0.451 e. The summed E-state index contributed by atoms with van der Waals surface area (Å²) >= 11 is 0.694. The molecule has 0 fully saturated rings. The van der Waals surface area contributed by atoms with Crippen LogP contribution in [-0.2, 0) is 17.4 Å². The van der Waals surface area contributed by atoms with Crippen LogP contribution >= 0.6 is 11.5 Å². The van der Waals surface area contributed by atoms with E-state index in [1.165, 1.54) is 25.1 Å². The SMILES string of the molecule is CC(=O)Cc1nsc(NC(=O)c2cc(-c3cccc(OC(F)F)c3)oc2C(F)(F)F)n1. The summed E-state index contributed by atoms with van der Waals surface area (Å²) in [6.45, 7) is -1.82. The van der Waals surface area contributed by atoms with Gasteiger partial charge < -0.3 is 9.15 Å². The zero-order chi connectivity index (χ0) is 22.8. The van der Waals surface area contributed by atoms with E-state index >= 15 is 0 Å². The molecule has 3 aromatic rings. The number of rotatable bonds is 7. The second-order valence-corrected chi connectivity index (χ2v) is 6.86. The molecule has 0 saturated carbocycles.